The van der Waals surface area contributed by atoms with Crippen molar-refractivity contribution in [3.63, 3.8) is 0 Å². The molecule has 1 amide bonds. The summed E-state index contributed by atoms with van der Waals surface area (Å²) in [6.45, 7) is 0. The molecule has 0 spiro atoms. The maximum Gasteiger partial charge on any atom is 0.257 e. The first-order chi connectivity index (χ1) is 6.63. The van der Waals surface area contributed by atoms with E-state index in [1.165, 1.54) is 12.1 Å². The summed E-state index contributed by atoms with van der Waals surface area (Å²) in [5.74, 6) is -0.923. The van der Waals surface area contributed by atoms with E-state index in [1.54, 1.807) is 12.1 Å². The number of amides is 1. The number of rotatable bonds is 2. The van der Waals surface area contributed by atoms with Crippen molar-refractivity contribution in [3.8, 4) is 0 Å². The lowest BCUT2D eigenvalue weighted by molar-refractivity contribution is 0.0976. The normalized spacial score (nSPS) is 9.14. The van der Waals surface area contributed by atoms with Gasteiger partial charge in [-0.3, -0.25) is 20.3 Å². The van der Waals surface area contributed by atoms with Crippen LogP contribution in [0.1, 0.15) is 20.7 Å². The number of hydrogen-bond acceptors (Lipinski definition) is 3. The van der Waals surface area contributed by atoms with Crippen LogP contribution in [-0.4, -0.2) is 18.2 Å². The van der Waals surface area contributed by atoms with Gasteiger partial charge >= 0.3 is 0 Å². The smallest absolute Gasteiger partial charge is 0.257 e. The van der Waals surface area contributed by atoms with E-state index in [1.807, 2.05) is 0 Å². The van der Waals surface area contributed by atoms with E-state index in [0.717, 1.165) is 0 Å². The van der Waals surface area contributed by atoms with Gasteiger partial charge in [0, 0.05) is 11.1 Å². The molecule has 1 rings (SSSR count). The van der Waals surface area contributed by atoms with Gasteiger partial charge in [0.25, 0.3) is 5.91 Å². The molecule has 0 atom stereocenters. The van der Waals surface area contributed by atoms with Crippen LogP contribution in [-0.2, 0) is 0 Å². The first-order valence-electron chi connectivity index (χ1n) is 3.84. The highest BCUT2D eigenvalue weighted by Gasteiger charge is 2.05. The molecule has 72 valence electrons. The molecule has 0 aromatic heterocycles. The molecular weight excluding hydrogens is 182 g/mol. The molecule has 0 fully saturated rings. The predicted octanol–water partition coefficient (Wildman–Crippen LogP) is 0.122. The fourth-order valence-corrected chi connectivity index (χ4v) is 0.948. The third kappa shape index (κ3) is 2.41. The SMILES string of the molecule is N=C(N)NC(=O)c1cccc(C=O)c1. The van der Waals surface area contributed by atoms with Gasteiger partial charge in [-0.1, -0.05) is 12.1 Å². The third-order valence-electron chi connectivity index (χ3n) is 1.53. The van der Waals surface area contributed by atoms with Crippen molar-refractivity contribution >= 4 is 18.2 Å². The van der Waals surface area contributed by atoms with Crippen LogP contribution in [0.4, 0.5) is 0 Å². The van der Waals surface area contributed by atoms with Crippen LogP contribution in [0.25, 0.3) is 0 Å². The van der Waals surface area contributed by atoms with Gasteiger partial charge in [-0.05, 0) is 12.1 Å². The first-order valence-corrected chi connectivity index (χ1v) is 3.84. The Morgan fingerprint density at radius 3 is 2.79 bits per heavy atom. The fraction of sp³-hybridized carbons (Fsp3) is 0. The van der Waals surface area contributed by atoms with E-state index < -0.39 is 11.9 Å². The van der Waals surface area contributed by atoms with Gasteiger partial charge in [-0.15, -0.1) is 0 Å². The number of aldehydes is 1. The molecule has 5 nitrogen and oxygen atoms in total. The number of carbonyl (C=O) groups is 2. The maximum absolute atomic E-state index is 11.3. The topological polar surface area (TPSA) is 96.0 Å². The molecule has 1 aromatic rings. The quantitative estimate of drug-likeness (QED) is 0.352. The zero-order chi connectivity index (χ0) is 10.6. The second kappa shape index (κ2) is 4.18. The largest absolute Gasteiger partial charge is 0.370 e. The summed E-state index contributed by atoms with van der Waals surface area (Å²) in [6, 6.07) is 6.12. The highest BCUT2D eigenvalue weighted by molar-refractivity contribution is 6.04. The molecule has 0 bridgehead atoms. The van der Waals surface area contributed by atoms with Crippen LogP contribution in [0.3, 0.4) is 0 Å². The summed E-state index contributed by atoms with van der Waals surface area (Å²) in [6.07, 6.45) is 0.643. The average Bonchev–Trinajstić information content (AvgIpc) is 2.17. The van der Waals surface area contributed by atoms with Crippen molar-refractivity contribution in [3.05, 3.63) is 35.4 Å². The Morgan fingerprint density at radius 2 is 2.21 bits per heavy atom. The lowest BCUT2D eigenvalue weighted by Crippen LogP contribution is -2.35. The van der Waals surface area contributed by atoms with Gasteiger partial charge in [0.15, 0.2) is 5.96 Å². The molecule has 0 heterocycles. The van der Waals surface area contributed by atoms with Crippen molar-refractivity contribution in [2.24, 2.45) is 5.73 Å². The number of hydrogen-bond donors (Lipinski definition) is 3. The third-order valence-corrected chi connectivity index (χ3v) is 1.53. The van der Waals surface area contributed by atoms with E-state index in [2.05, 4.69) is 5.32 Å². The van der Waals surface area contributed by atoms with Gasteiger partial charge in [0.05, 0.1) is 0 Å². The van der Waals surface area contributed by atoms with Gasteiger partial charge in [0.1, 0.15) is 6.29 Å². The van der Waals surface area contributed by atoms with Crippen LogP contribution in [0.5, 0.6) is 0 Å². The number of benzene rings is 1. The maximum atomic E-state index is 11.3. The van der Waals surface area contributed by atoms with Crippen LogP contribution in [0.15, 0.2) is 24.3 Å². The Morgan fingerprint density at radius 1 is 1.50 bits per heavy atom. The minimum absolute atomic E-state index is 0.296. The standard InChI is InChI=1S/C9H9N3O2/c10-9(11)12-8(14)7-3-1-2-6(4-7)5-13/h1-5H,(H4,10,11,12,14). The van der Waals surface area contributed by atoms with Crippen LogP contribution >= 0.6 is 0 Å². The first kappa shape index (κ1) is 9.91. The van der Waals surface area contributed by atoms with E-state index in [9.17, 15) is 9.59 Å². The molecule has 0 aliphatic heterocycles. The van der Waals surface area contributed by atoms with Gasteiger partial charge in [-0.2, -0.15) is 0 Å². The van der Waals surface area contributed by atoms with Crippen molar-refractivity contribution in [1.82, 2.24) is 5.32 Å². The Kier molecular flexibility index (Phi) is 2.96. The van der Waals surface area contributed by atoms with Crippen LogP contribution in [0.2, 0.25) is 0 Å². The summed E-state index contributed by atoms with van der Waals surface area (Å²) in [4.78, 5) is 21.7. The van der Waals surface area contributed by atoms with Crippen LogP contribution < -0.4 is 11.1 Å². The summed E-state index contributed by atoms with van der Waals surface area (Å²) in [7, 11) is 0. The lowest BCUT2D eigenvalue weighted by Gasteiger charge is -2.02. The summed E-state index contributed by atoms with van der Waals surface area (Å²) in [5.41, 5.74) is 5.68. The zero-order valence-corrected chi connectivity index (χ0v) is 7.28. The molecule has 0 radical (unpaired) electrons. The fourth-order valence-electron chi connectivity index (χ4n) is 0.948. The molecule has 0 aliphatic rings. The van der Waals surface area contributed by atoms with Crippen LogP contribution in [0, 0.1) is 5.41 Å². The second-order valence-electron chi connectivity index (χ2n) is 2.61. The summed E-state index contributed by atoms with van der Waals surface area (Å²) < 4.78 is 0. The second-order valence-corrected chi connectivity index (χ2v) is 2.61. The van der Waals surface area contributed by atoms with Gasteiger partial charge in [0.2, 0.25) is 0 Å². The van der Waals surface area contributed by atoms with Crippen molar-refractivity contribution in [1.29, 1.82) is 5.41 Å². The van der Waals surface area contributed by atoms with E-state index >= 15 is 0 Å². The molecule has 0 unspecified atom stereocenters. The van der Waals surface area contributed by atoms with Crippen molar-refractivity contribution < 1.29 is 9.59 Å². The Hall–Kier alpha value is -2.17. The molecular formula is C9H9N3O2. The Labute approximate surface area is 80.4 Å². The van der Waals surface area contributed by atoms with Gasteiger partial charge in [-0.25, -0.2) is 0 Å². The van der Waals surface area contributed by atoms with Crippen molar-refractivity contribution in [2.45, 2.75) is 0 Å². The monoisotopic (exact) mass is 191 g/mol. The summed E-state index contributed by atoms with van der Waals surface area (Å²) >= 11 is 0. The Bertz CT molecular complexity index is 387. The van der Waals surface area contributed by atoms with E-state index in [4.69, 9.17) is 11.1 Å². The van der Waals surface area contributed by atoms with E-state index in [-0.39, 0.29) is 0 Å². The molecule has 0 aliphatic carbocycles. The Balaban J connectivity index is 2.89. The summed E-state index contributed by atoms with van der Waals surface area (Å²) in [5, 5.41) is 8.97. The molecule has 0 saturated carbocycles. The van der Waals surface area contributed by atoms with E-state index in [0.29, 0.717) is 17.4 Å². The lowest BCUT2D eigenvalue weighted by atomic mass is 10.1. The number of nitrogens with two attached hydrogens (primary N) is 1. The molecule has 1 aromatic carbocycles. The van der Waals surface area contributed by atoms with Crippen molar-refractivity contribution in [2.75, 3.05) is 0 Å². The van der Waals surface area contributed by atoms with Gasteiger partial charge < -0.3 is 5.73 Å². The molecule has 14 heavy (non-hydrogen) atoms. The predicted molar refractivity (Wildman–Crippen MR) is 51.2 cm³/mol. The molecule has 4 N–H and O–H groups in total. The zero-order valence-electron chi connectivity index (χ0n) is 7.28. The molecule has 0 saturated heterocycles. The number of nitrogens with one attached hydrogen (secondary N) is 2. The highest BCUT2D eigenvalue weighted by Crippen LogP contribution is 2.02. The number of guanidine groups is 1. The minimum Gasteiger partial charge on any atom is -0.370 e. The average molecular weight is 191 g/mol. The molecule has 5 heteroatoms. The highest BCUT2D eigenvalue weighted by atomic mass is 16.1. The minimum atomic E-state index is -0.499. The number of carbonyl (C=O) groups excluding carboxylic acids is 2.